The first-order valence-electron chi connectivity index (χ1n) is 6.91. The molecule has 0 bridgehead atoms. The normalized spacial score (nSPS) is 17.1. The molecule has 1 aromatic heterocycles. The Morgan fingerprint density at radius 3 is 2.22 bits per heavy atom. The number of hydrogen-bond donors (Lipinski definition) is 0. The Morgan fingerprint density at radius 2 is 1.67 bits per heavy atom. The Kier molecular flexibility index (Phi) is 4.67. The minimum absolute atomic E-state index is 0.0829. The molecule has 1 aliphatic rings. The molecule has 0 spiro atoms. The molecule has 0 aliphatic carbocycles. The maximum absolute atomic E-state index is 12.3. The van der Waals surface area contributed by atoms with E-state index in [9.17, 15) is 4.79 Å². The zero-order valence-corrected chi connectivity index (χ0v) is 11.1. The first-order chi connectivity index (χ1) is 8.81. The standard InChI is InChI=1S/C14H21N3O/c1-2-13-15-10-12(11-16-13)14(18)17-8-6-4-3-5-7-9-17/h10-11H,2-9H2,1H3. The maximum atomic E-state index is 12.3. The molecule has 0 saturated carbocycles. The van der Waals surface area contributed by atoms with Crippen LogP contribution in [-0.2, 0) is 6.42 Å². The summed E-state index contributed by atoms with van der Waals surface area (Å²) in [6.45, 7) is 3.75. The molecule has 1 amide bonds. The zero-order valence-electron chi connectivity index (χ0n) is 11.1. The maximum Gasteiger partial charge on any atom is 0.256 e. The molecule has 0 radical (unpaired) electrons. The van der Waals surface area contributed by atoms with Gasteiger partial charge in [-0.1, -0.05) is 26.2 Å². The molecule has 2 heterocycles. The van der Waals surface area contributed by atoms with Gasteiger partial charge < -0.3 is 4.90 Å². The molecule has 1 fully saturated rings. The summed E-state index contributed by atoms with van der Waals surface area (Å²) in [6.07, 6.45) is 10.1. The van der Waals surface area contributed by atoms with E-state index in [4.69, 9.17) is 0 Å². The fourth-order valence-electron chi connectivity index (χ4n) is 2.28. The first-order valence-corrected chi connectivity index (χ1v) is 6.91. The fourth-order valence-corrected chi connectivity index (χ4v) is 2.28. The van der Waals surface area contributed by atoms with Gasteiger partial charge >= 0.3 is 0 Å². The van der Waals surface area contributed by atoms with E-state index in [0.717, 1.165) is 38.2 Å². The number of aryl methyl sites for hydroxylation is 1. The van der Waals surface area contributed by atoms with Crippen molar-refractivity contribution < 1.29 is 4.79 Å². The molecule has 0 atom stereocenters. The largest absolute Gasteiger partial charge is 0.339 e. The van der Waals surface area contributed by atoms with Crippen molar-refractivity contribution in [3.8, 4) is 0 Å². The summed E-state index contributed by atoms with van der Waals surface area (Å²) in [5, 5.41) is 0. The van der Waals surface area contributed by atoms with Gasteiger partial charge in [-0.2, -0.15) is 0 Å². The van der Waals surface area contributed by atoms with Crippen LogP contribution in [-0.4, -0.2) is 33.9 Å². The molecule has 1 saturated heterocycles. The number of carbonyl (C=O) groups is 1. The lowest BCUT2D eigenvalue weighted by molar-refractivity contribution is 0.0741. The van der Waals surface area contributed by atoms with E-state index in [0.29, 0.717) is 5.56 Å². The minimum atomic E-state index is 0.0829. The highest BCUT2D eigenvalue weighted by atomic mass is 16.2. The summed E-state index contributed by atoms with van der Waals surface area (Å²) in [7, 11) is 0. The third-order valence-electron chi connectivity index (χ3n) is 3.41. The molecule has 98 valence electrons. The highest BCUT2D eigenvalue weighted by molar-refractivity contribution is 5.93. The van der Waals surface area contributed by atoms with Crippen LogP contribution < -0.4 is 0 Å². The average molecular weight is 247 g/mol. The van der Waals surface area contributed by atoms with Crippen molar-refractivity contribution >= 4 is 5.91 Å². The molecule has 2 rings (SSSR count). The van der Waals surface area contributed by atoms with Crippen LogP contribution in [0.25, 0.3) is 0 Å². The van der Waals surface area contributed by atoms with Crippen molar-refractivity contribution in [2.45, 2.75) is 45.4 Å². The zero-order chi connectivity index (χ0) is 12.8. The van der Waals surface area contributed by atoms with Crippen LogP contribution in [0.1, 0.15) is 55.2 Å². The number of likely N-dealkylation sites (tertiary alicyclic amines) is 1. The van der Waals surface area contributed by atoms with Crippen molar-refractivity contribution in [3.63, 3.8) is 0 Å². The first kappa shape index (κ1) is 13.0. The van der Waals surface area contributed by atoms with E-state index in [1.54, 1.807) is 12.4 Å². The molecule has 0 aromatic carbocycles. The summed E-state index contributed by atoms with van der Waals surface area (Å²) in [5.74, 6) is 0.874. The molecule has 1 aromatic rings. The minimum Gasteiger partial charge on any atom is -0.339 e. The number of rotatable bonds is 2. The lowest BCUT2D eigenvalue weighted by Gasteiger charge is -2.24. The van der Waals surface area contributed by atoms with Gasteiger partial charge in [0.15, 0.2) is 0 Å². The van der Waals surface area contributed by atoms with Crippen LogP contribution in [0.5, 0.6) is 0 Å². The van der Waals surface area contributed by atoms with Crippen LogP contribution in [0.15, 0.2) is 12.4 Å². The van der Waals surface area contributed by atoms with Gasteiger partial charge in [0.25, 0.3) is 5.91 Å². The summed E-state index contributed by atoms with van der Waals surface area (Å²) in [4.78, 5) is 22.7. The highest BCUT2D eigenvalue weighted by Crippen LogP contribution is 2.13. The summed E-state index contributed by atoms with van der Waals surface area (Å²) in [6, 6.07) is 0. The third kappa shape index (κ3) is 3.28. The van der Waals surface area contributed by atoms with Gasteiger partial charge in [-0.05, 0) is 12.8 Å². The van der Waals surface area contributed by atoms with Gasteiger partial charge in [-0.25, -0.2) is 9.97 Å². The Bertz CT molecular complexity index is 381. The monoisotopic (exact) mass is 247 g/mol. The molecule has 0 unspecified atom stereocenters. The molecular weight excluding hydrogens is 226 g/mol. The molecule has 4 heteroatoms. The molecule has 1 aliphatic heterocycles. The van der Waals surface area contributed by atoms with Crippen LogP contribution in [0.4, 0.5) is 0 Å². The SMILES string of the molecule is CCc1ncc(C(=O)N2CCCCCCC2)cn1. The second-order valence-corrected chi connectivity index (χ2v) is 4.80. The predicted molar refractivity (Wildman–Crippen MR) is 70.4 cm³/mol. The second-order valence-electron chi connectivity index (χ2n) is 4.80. The van der Waals surface area contributed by atoms with Gasteiger partial charge in [0, 0.05) is 31.9 Å². The lowest BCUT2D eigenvalue weighted by Crippen LogP contribution is -2.34. The number of nitrogens with zero attached hydrogens (tertiary/aromatic N) is 3. The number of amides is 1. The third-order valence-corrected chi connectivity index (χ3v) is 3.41. The fraction of sp³-hybridized carbons (Fsp3) is 0.643. The highest BCUT2D eigenvalue weighted by Gasteiger charge is 2.17. The summed E-state index contributed by atoms with van der Waals surface area (Å²) < 4.78 is 0. The van der Waals surface area contributed by atoms with Crippen LogP contribution >= 0.6 is 0 Å². The van der Waals surface area contributed by atoms with Crippen LogP contribution in [0.3, 0.4) is 0 Å². The molecule has 4 nitrogen and oxygen atoms in total. The number of hydrogen-bond acceptors (Lipinski definition) is 3. The van der Waals surface area contributed by atoms with E-state index in [1.807, 2.05) is 11.8 Å². The van der Waals surface area contributed by atoms with E-state index < -0.39 is 0 Å². The van der Waals surface area contributed by atoms with Crippen molar-refractivity contribution in [2.75, 3.05) is 13.1 Å². The van der Waals surface area contributed by atoms with Crippen molar-refractivity contribution in [2.24, 2.45) is 0 Å². The lowest BCUT2D eigenvalue weighted by atomic mass is 10.1. The van der Waals surface area contributed by atoms with Crippen LogP contribution in [0, 0.1) is 0 Å². The quantitative estimate of drug-likeness (QED) is 0.806. The van der Waals surface area contributed by atoms with Gasteiger partial charge in [-0.3, -0.25) is 4.79 Å². The van der Waals surface area contributed by atoms with Crippen molar-refractivity contribution in [1.82, 2.24) is 14.9 Å². The van der Waals surface area contributed by atoms with E-state index in [2.05, 4.69) is 9.97 Å². The Balaban J connectivity index is 2.03. The summed E-state index contributed by atoms with van der Waals surface area (Å²) in [5.41, 5.74) is 0.618. The Labute approximate surface area is 108 Å². The van der Waals surface area contributed by atoms with Crippen LogP contribution in [0.2, 0.25) is 0 Å². The van der Waals surface area contributed by atoms with E-state index in [-0.39, 0.29) is 5.91 Å². The predicted octanol–water partition coefficient (Wildman–Crippen LogP) is 2.45. The smallest absolute Gasteiger partial charge is 0.256 e. The van der Waals surface area contributed by atoms with E-state index >= 15 is 0 Å². The molecule has 18 heavy (non-hydrogen) atoms. The van der Waals surface area contributed by atoms with Gasteiger partial charge in [0.05, 0.1) is 5.56 Å². The van der Waals surface area contributed by atoms with Crippen molar-refractivity contribution in [3.05, 3.63) is 23.8 Å². The average Bonchev–Trinajstić information content (AvgIpc) is 2.38. The molecule has 0 N–H and O–H groups in total. The van der Waals surface area contributed by atoms with Gasteiger partial charge in [0.2, 0.25) is 0 Å². The Morgan fingerprint density at radius 1 is 1.11 bits per heavy atom. The topological polar surface area (TPSA) is 46.1 Å². The van der Waals surface area contributed by atoms with Gasteiger partial charge in [-0.15, -0.1) is 0 Å². The second kappa shape index (κ2) is 6.47. The summed E-state index contributed by atoms with van der Waals surface area (Å²) >= 11 is 0. The Hall–Kier alpha value is -1.45. The van der Waals surface area contributed by atoms with Gasteiger partial charge in [0.1, 0.15) is 5.82 Å². The number of aromatic nitrogens is 2. The van der Waals surface area contributed by atoms with E-state index in [1.165, 1.54) is 19.3 Å². The van der Waals surface area contributed by atoms with Crippen molar-refractivity contribution in [1.29, 1.82) is 0 Å². The number of carbonyl (C=O) groups excluding carboxylic acids is 1. The molecular formula is C14H21N3O.